The van der Waals surface area contributed by atoms with Crippen molar-refractivity contribution in [1.29, 1.82) is 0 Å². The Morgan fingerprint density at radius 3 is 2.45 bits per heavy atom. The van der Waals surface area contributed by atoms with Crippen LogP contribution in [0, 0.1) is 5.82 Å². The van der Waals surface area contributed by atoms with Crippen molar-refractivity contribution >= 4 is 17.3 Å². The van der Waals surface area contributed by atoms with E-state index in [-0.39, 0.29) is 25.0 Å². The molecule has 0 unspecified atom stereocenters. The van der Waals surface area contributed by atoms with Crippen molar-refractivity contribution in [3.63, 3.8) is 0 Å². The molecule has 0 saturated carbocycles. The lowest BCUT2D eigenvalue weighted by atomic mass is 9.91. The van der Waals surface area contributed by atoms with Crippen molar-refractivity contribution < 1.29 is 30.8 Å². The number of benzene rings is 3. The molecule has 0 aliphatic carbocycles. The third-order valence-corrected chi connectivity index (χ3v) is 5.51. The van der Waals surface area contributed by atoms with Crippen molar-refractivity contribution in [1.82, 2.24) is 0 Å². The van der Waals surface area contributed by atoms with Gasteiger partial charge in [-0.1, -0.05) is 23.7 Å². The van der Waals surface area contributed by atoms with Gasteiger partial charge in [-0.25, -0.2) is 8.97 Å². The highest BCUT2D eigenvalue weighted by atomic mass is 35.5. The average molecular weight is 430 g/mol. The minimum Gasteiger partial charge on any atom is -1.00 e. The summed E-state index contributed by atoms with van der Waals surface area (Å²) in [6.07, 6.45) is 0.859. The Morgan fingerprint density at radius 2 is 1.69 bits per heavy atom. The Labute approximate surface area is 179 Å². The van der Waals surface area contributed by atoms with Gasteiger partial charge in [0.1, 0.15) is 12.4 Å². The molecule has 0 bridgehead atoms. The van der Waals surface area contributed by atoms with E-state index in [4.69, 9.17) is 21.1 Å². The Hall–Kier alpha value is -2.56. The third kappa shape index (κ3) is 3.70. The van der Waals surface area contributed by atoms with Crippen LogP contribution in [0.5, 0.6) is 11.5 Å². The smallest absolute Gasteiger partial charge is 0.231 e. The fourth-order valence-electron chi connectivity index (χ4n) is 3.89. The van der Waals surface area contributed by atoms with Gasteiger partial charge in [-0.15, -0.1) is 0 Å². The molecule has 0 saturated heterocycles. The Balaban J connectivity index is 0.00000205. The Morgan fingerprint density at radius 1 is 0.966 bits per heavy atom. The van der Waals surface area contributed by atoms with Crippen LogP contribution in [0.25, 0.3) is 0 Å². The van der Waals surface area contributed by atoms with Crippen LogP contribution < -0.4 is 21.9 Å². The first-order valence-corrected chi connectivity index (χ1v) is 9.61. The summed E-state index contributed by atoms with van der Waals surface area (Å²) in [5.74, 6) is 1.35. The predicted molar refractivity (Wildman–Crippen MR) is 106 cm³/mol. The van der Waals surface area contributed by atoms with Gasteiger partial charge in [0.25, 0.3) is 0 Å². The normalized spacial score (nSPS) is 14.4. The number of halogens is 3. The zero-order valence-electron chi connectivity index (χ0n) is 15.5. The van der Waals surface area contributed by atoms with Gasteiger partial charge < -0.3 is 21.9 Å². The zero-order chi connectivity index (χ0) is 19.1. The molecule has 6 heteroatoms. The minimum atomic E-state index is -0.186. The largest absolute Gasteiger partial charge is 1.00 e. The van der Waals surface area contributed by atoms with E-state index >= 15 is 0 Å². The quantitative estimate of drug-likeness (QED) is 0.592. The SMILES string of the molecule is Fc1ccccc1C[N+]1=C(c2ccc(Cl)cc2)c2cc3c(cc2CC1)OCO3.[Cl-]. The number of fused-ring (bicyclic) bond motifs is 2. The Kier molecular flexibility index (Phi) is 5.48. The molecular weight excluding hydrogens is 412 g/mol. The monoisotopic (exact) mass is 429 g/mol. The van der Waals surface area contributed by atoms with Gasteiger partial charge in [-0.05, 0) is 54.1 Å². The van der Waals surface area contributed by atoms with Crippen molar-refractivity contribution in [2.24, 2.45) is 0 Å². The lowest BCUT2D eigenvalue weighted by Gasteiger charge is -2.20. The molecule has 5 rings (SSSR count). The van der Waals surface area contributed by atoms with Crippen LogP contribution in [0.4, 0.5) is 4.39 Å². The molecule has 2 heterocycles. The van der Waals surface area contributed by atoms with Crippen molar-refractivity contribution in [2.75, 3.05) is 13.3 Å². The molecule has 0 amide bonds. The molecule has 29 heavy (non-hydrogen) atoms. The highest BCUT2D eigenvalue weighted by Crippen LogP contribution is 2.37. The maximum atomic E-state index is 14.3. The molecule has 3 aromatic carbocycles. The second kappa shape index (κ2) is 8.05. The molecular formula is C23H18Cl2FNO2. The molecule has 0 N–H and O–H groups in total. The van der Waals surface area contributed by atoms with E-state index in [0.29, 0.717) is 17.1 Å². The van der Waals surface area contributed by atoms with E-state index in [1.807, 2.05) is 42.5 Å². The zero-order valence-corrected chi connectivity index (χ0v) is 17.0. The molecule has 0 fully saturated rings. The number of ether oxygens (including phenoxy) is 2. The van der Waals surface area contributed by atoms with Crippen LogP contribution in [0.15, 0.2) is 60.7 Å². The third-order valence-electron chi connectivity index (χ3n) is 5.26. The van der Waals surface area contributed by atoms with Crippen molar-refractivity contribution in [3.05, 3.63) is 93.8 Å². The maximum Gasteiger partial charge on any atom is 0.231 e. The van der Waals surface area contributed by atoms with E-state index in [0.717, 1.165) is 41.3 Å². The van der Waals surface area contributed by atoms with Crippen molar-refractivity contribution in [2.45, 2.75) is 13.0 Å². The molecule has 2 aliphatic rings. The van der Waals surface area contributed by atoms with Crippen LogP contribution >= 0.6 is 11.6 Å². The first-order chi connectivity index (χ1) is 13.7. The van der Waals surface area contributed by atoms with Crippen LogP contribution in [-0.4, -0.2) is 23.6 Å². The van der Waals surface area contributed by atoms with E-state index < -0.39 is 0 Å². The highest BCUT2D eigenvalue weighted by molar-refractivity contribution is 6.30. The summed E-state index contributed by atoms with van der Waals surface area (Å²) < 4.78 is 27.7. The minimum absolute atomic E-state index is 0. The van der Waals surface area contributed by atoms with Gasteiger partial charge in [-0.2, -0.15) is 0 Å². The van der Waals surface area contributed by atoms with Crippen molar-refractivity contribution in [3.8, 4) is 11.5 Å². The molecule has 0 radical (unpaired) electrons. The fourth-order valence-corrected chi connectivity index (χ4v) is 4.01. The summed E-state index contributed by atoms with van der Waals surface area (Å²) in [5.41, 5.74) is 5.08. The lowest BCUT2D eigenvalue weighted by molar-refractivity contribution is -0.544. The summed E-state index contributed by atoms with van der Waals surface area (Å²) >= 11 is 6.11. The van der Waals surface area contributed by atoms with E-state index in [1.165, 1.54) is 11.6 Å². The fraction of sp³-hybridized carbons (Fsp3) is 0.174. The van der Waals surface area contributed by atoms with Gasteiger partial charge in [0, 0.05) is 17.0 Å². The summed E-state index contributed by atoms with van der Waals surface area (Å²) in [4.78, 5) is 0. The topological polar surface area (TPSA) is 21.5 Å². The summed E-state index contributed by atoms with van der Waals surface area (Å²) in [6.45, 7) is 1.53. The van der Waals surface area contributed by atoms with Gasteiger partial charge in [0.05, 0.1) is 11.1 Å². The number of nitrogens with zero attached hydrogens (tertiary/aromatic N) is 1. The van der Waals surface area contributed by atoms with Gasteiger partial charge in [0.2, 0.25) is 12.5 Å². The summed E-state index contributed by atoms with van der Waals surface area (Å²) in [7, 11) is 0. The first-order valence-electron chi connectivity index (χ1n) is 9.23. The molecule has 3 nitrogen and oxygen atoms in total. The molecule has 148 valence electrons. The summed E-state index contributed by atoms with van der Waals surface area (Å²) in [5, 5.41) is 0.687. The number of hydrogen-bond donors (Lipinski definition) is 0. The molecule has 3 aromatic rings. The predicted octanol–water partition coefficient (Wildman–Crippen LogP) is 1.82. The second-order valence-electron chi connectivity index (χ2n) is 6.98. The maximum absolute atomic E-state index is 14.3. The number of hydrogen-bond acceptors (Lipinski definition) is 2. The van der Waals surface area contributed by atoms with E-state index in [9.17, 15) is 4.39 Å². The molecule has 2 aliphatic heterocycles. The average Bonchev–Trinajstić information content (AvgIpc) is 3.16. The van der Waals surface area contributed by atoms with Gasteiger partial charge in [-0.3, -0.25) is 0 Å². The van der Waals surface area contributed by atoms with Crippen LogP contribution in [0.2, 0.25) is 5.02 Å². The lowest BCUT2D eigenvalue weighted by Crippen LogP contribution is -3.00. The van der Waals surface area contributed by atoms with Crippen LogP contribution in [-0.2, 0) is 13.0 Å². The van der Waals surface area contributed by atoms with Gasteiger partial charge in [0.15, 0.2) is 18.0 Å². The molecule has 0 spiro atoms. The van der Waals surface area contributed by atoms with Crippen LogP contribution in [0.3, 0.4) is 0 Å². The van der Waals surface area contributed by atoms with Crippen LogP contribution in [0.1, 0.15) is 22.3 Å². The molecule has 0 atom stereocenters. The summed E-state index contributed by atoms with van der Waals surface area (Å²) in [6, 6.07) is 18.8. The highest BCUT2D eigenvalue weighted by Gasteiger charge is 2.31. The first kappa shape index (κ1) is 19.7. The molecule has 0 aromatic heterocycles. The second-order valence-corrected chi connectivity index (χ2v) is 7.42. The Bertz CT molecular complexity index is 1100. The number of rotatable bonds is 3. The van der Waals surface area contributed by atoms with E-state index in [1.54, 1.807) is 6.07 Å². The standard InChI is InChI=1S/C23H18ClFNO2.ClH/c24-18-7-5-15(6-8-18)23-19-12-22-21(27-14-28-22)11-16(19)9-10-26(23)13-17-3-1-2-4-20(17)25;/h1-8,11-12H,9-10,13-14H2;1H/q+1;/p-1. The van der Waals surface area contributed by atoms with E-state index in [2.05, 4.69) is 10.6 Å². The van der Waals surface area contributed by atoms with Gasteiger partial charge >= 0.3 is 0 Å².